The zero-order valence-electron chi connectivity index (χ0n) is 13.3. The molecule has 0 amide bonds. The van der Waals surface area contributed by atoms with E-state index < -0.39 is 0 Å². The van der Waals surface area contributed by atoms with E-state index in [1.807, 2.05) is 18.4 Å². The number of aromatic nitrogens is 5. The van der Waals surface area contributed by atoms with Gasteiger partial charge in [0.25, 0.3) is 0 Å². The molecular weight excluding hydrogens is 322 g/mol. The third kappa shape index (κ3) is 2.37. The van der Waals surface area contributed by atoms with Crippen LogP contribution in [-0.4, -0.2) is 43.9 Å². The number of anilines is 1. The van der Waals surface area contributed by atoms with E-state index in [2.05, 4.69) is 48.7 Å². The molecule has 0 spiro atoms. The second kappa shape index (κ2) is 5.76. The van der Waals surface area contributed by atoms with Crippen molar-refractivity contribution in [3.63, 3.8) is 0 Å². The summed E-state index contributed by atoms with van der Waals surface area (Å²) in [5, 5.41) is 18.5. The summed E-state index contributed by atoms with van der Waals surface area (Å²) in [6.07, 6.45) is 5.58. The Balaban J connectivity index is 1.60. The van der Waals surface area contributed by atoms with Crippen LogP contribution in [0.25, 0.3) is 5.65 Å². The summed E-state index contributed by atoms with van der Waals surface area (Å²) in [6.45, 7) is 3.60. The molecule has 4 rings (SSSR count). The fourth-order valence-electron chi connectivity index (χ4n) is 2.88. The molecule has 0 bridgehead atoms. The normalized spacial score (nSPS) is 14.6. The van der Waals surface area contributed by atoms with Gasteiger partial charge in [0.1, 0.15) is 17.5 Å². The van der Waals surface area contributed by atoms with E-state index in [-0.39, 0.29) is 5.92 Å². The van der Waals surface area contributed by atoms with Crippen LogP contribution in [0.15, 0.2) is 29.7 Å². The molecule has 0 radical (unpaired) electrons. The summed E-state index contributed by atoms with van der Waals surface area (Å²) in [4.78, 5) is 10.8. The lowest BCUT2D eigenvalue weighted by Crippen LogP contribution is -2.46. The van der Waals surface area contributed by atoms with E-state index in [9.17, 15) is 5.26 Å². The predicted molar refractivity (Wildman–Crippen MR) is 91.2 cm³/mol. The lowest BCUT2D eigenvalue weighted by atomic mass is 9.98. The van der Waals surface area contributed by atoms with Gasteiger partial charge in [0.2, 0.25) is 0 Å². The Kier molecular flexibility index (Phi) is 3.58. The van der Waals surface area contributed by atoms with Crippen molar-refractivity contribution in [2.75, 3.05) is 24.2 Å². The van der Waals surface area contributed by atoms with Gasteiger partial charge in [-0.2, -0.15) is 5.26 Å². The molecule has 0 unspecified atom stereocenters. The Morgan fingerprint density at radius 2 is 2.12 bits per heavy atom. The summed E-state index contributed by atoms with van der Waals surface area (Å²) in [5.41, 5.74) is 2.54. The Morgan fingerprint density at radius 1 is 1.29 bits per heavy atom. The van der Waals surface area contributed by atoms with Gasteiger partial charge in [-0.1, -0.05) is 17.8 Å². The molecular formula is C16H15N7S. The quantitative estimate of drug-likeness (QED) is 0.534. The smallest absolute Gasteiger partial charge is 0.189 e. The fraction of sp³-hybridized carbons (Fsp3) is 0.312. The average molecular weight is 337 g/mol. The largest absolute Gasteiger partial charge is 0.354 e. The fourth-order valence-corrected chi connectivity index (χ4v) is 3.22. The molecule has 120 valence electrons. The first kappa shape index (κ1) is 14.9. The minimum atomic E-state index is 0.279. The molecule has 4 heterocycles. The lowest BCUT2D eigenvalue weighted by molar-refractivity contribution is 0.490. The number of fused-ring (bicyclic) bond motifs is 1. The third-order valence-corrected chi connectivity index (χ3v) is 4.73. The maximum Gasteiger partial charge on any atom is 0.189 e. The van der Waals surface area contributed by atoms with Crippen molar-refractivity contribution < 1.29 is 0 Å². The number of nitrogens with zero attached hydrogens (tertiary/aromatic N) is 7. The van der Waals surface area contributed by atoms with E-state index in [1.54, 1.807) is 6.20 Å². The van der Waals surface area contributed by atoms with Gasteiger partial charge in [-0.3, -0.25) is 4.40 Å². The highest BCUT2D eigenvalue weighted by molar-refractivity contribution is 7.98. The number of thioether (sulfide) groups is 1. The summed E-state index contributed by atoms with van der Waals surface area (Å²) in [6, 6.07) is 6.18. The van der Waals surface area contributed by atoms with Gasteiger partial charge in [-0.05, 0) is 24.8 Å². The zero-order valence-corrected chi connectivity index (χ0v) is 14.2. The minimum absolute atomic E-state index is 0.279. The monoisotopic (exact) mass is 337 g/mol. The summed E-state index contributed by atoms with van der Waals surface area (Å²) in [7, 11) is 0. The van der Waals surface area contributed by atoms with Crippen LogP contribution in [0.5, 0.6) is 0 Å². The first-order chi connectivity index (χ1) is 11.7. The molecule has 0 N–H and O–H groups in total. The van der Waals surface area contributed by atoms with Crippen molar-refractivity contribution in [2.45, 2.75) is 18.0 Å². The van der Waals surface area contributed by atoms with Crippen molar-refractivity contribution in [3.8, 4) is 6.07 Å². The molecule has 1 aliphatic rings. The predicted octanol–water partition coefficient (Wildman–Crippen LogP) is 2.03. The lowest BCUT2D eigenvalue weighted by Gasteiger charge is -2.39. The number of aryl methyl sites for hydroxylation is 1. The molecule has 3 aromatic rings. The minimum Gasteiger partial charge on any atom is -0.354 e. The standard InChI is InChI=1S/C16H15N7S/c1-10-3-4-13-20-21-15(23(13)7-10)12-8-22(9-12)14-11(5-17)6-18-16(19-14)24-2/h3-4,6-7,12H,8-9H2,1-2H3. The van der Waals surface area contributed by atoms with E-state index in [0.29, 0.717) is 16.5 Å². The first-order valence-electron chi connectivity index (χ1n) is 7.57. The van der Waals surface area contributed by atoms with Crippen LogP contribution in [0, 0.1) is 18.3 Å². The van der Waals surface area contributed by atoms with E-state index >= 15 is 0 Å². The van der Waals surface area contributed by atoms with Crippen molar-refractivity contribution >= 4 is 23.2 Å². The molecule has 0 atom stereocenters. The van der Waals surface area contributed by atoms with Crippen LogP contribution in [-0.2, 0) is 0 Å². The molecule has 8 heteroatoms. The highest BCUT2D eigenvalue weighted by atomic mass is 32.2. The van der Waals surface area contributed by atoms with Gasteiger partial charge in [-0.15, -0.1) is 10.2 Å². The van der Waals surface area contributed by atoms with Crippen molar-refractivity contribution in [1.82, 2.24) is 24.6 Å². The Morgan fingerprint density at radius 3 is 2.88 bits per heavy atom. The van der Waals surface area contributed by atoms with Crippen molar-refractivity contribution in [2.24, 2.45) is 0 Å². The van der Waals surface area contributed by atoms with Gasteiger partial charge in [0.15, 0.2) is 16.6 Å². The summed E-state index contributed by atoms with van der Waals surface area (Å²) < 4.78 is 2.05. The molecule has 0 saturated carbocycles. The van der Waals surface area contributed by atoms with Gasteiger partial charge >= 0.3 is 0 Å². The van der Waals surface area contributed by atoms with E-state index in [4.69, 9.17) is 0 Å². The van der Waals surface area contributed by atoms with Crippen molar-refractivity contribution in [3.05, 3.63) is 41.5 Å². The molecule has 7 nitrogen and oxygen atoms in total. The van der Waals surface area contributed by atoms with Gasteiger partial charge in [0.05, 0.1) is 12.1 Å². The van der Waals surface area contributed by atoms with Crippen LogP contribution in [0.4, 0.5) is 5.82 Å². The maximum atomic E-state index is 9.28. The number of hydrogen-bond acceptors (Lipinski definition) is 7. The highest BCUT2D eigenvalue weighted by Gasteiger charge is 2.34. The van der Waals surface area contributed by atoms with Crippen LogP contribution in [0.3, 0.4) is 0 Å². The third-order valence-electron chi connectivity index (χ3n) is 4.17. The maximum absolute atomic E-state index is 9.28. The summed E-state index contributed by atoms with van der Waals surface area (Å²) >= 11 is 1.47. The topological polar surface area (TPSA) is 83.0 Å². The SMILES string of the molecule is CSc1ncc(C#N)c(N2CC(c3nnc4ccc(C)cn34)C2)n1. The van der Waals surface area contributed by atoms with Crippen LogP contribution in [0.1, 0.15) is 22.9 Å². The number of pyridine rings is 1. The average Bonchev–Trinajstić information content (AvgIpc) is 2.96. The van der Waals surface area contributed by atoms with Crippen LogP contribution in [0.2, 0.25) is 0 Å². The van der Waals surface area contributed by atoms with Crippen LogP contribution >= 0.6 is 11.8 Å². The second-order valence-corrected chi connectivity index (χ2v) is 6.57. The number of nitriles is 1. The van der Waals surface area contributed by atoms with Crippen molar-refractivity contribution in [1.29, 1.82) is 5.26 Å². The molecule has 0 aliphatic carbocycles. The zero-order chi connectivity index (χ0) is 16.7. The Labute approximate surface area is 143 Å². The highest BCUT2D eigenvalue weighted by Crippen LogP contribution is 2.32. The second-order valence-electron chi connectivity index (χ2n) is 5.80. The molecule has 0 aromatic carbocycles. The molecule has 1 saturated heterocycles. The molecule has 24 heavy (non-hydrogen) atoms. The van der Waals surface area contributed by atoms with Gasteiger partial charge in [-0.25, -0.2) is 9.97 Å². The first-order valence-corrected chi connectivity index (χ1v) is 8.79. The summed E-state index contributed by atoms with van der Waals surface area (Å²) in [5.74, 6) is 1.95. The van der Waals surface area contributed by atoms with Gasteiger partial charge in [0, 0.05) is 19.3 Å². The molecule has 1 aliphatic heterocycles. The Bertz CT molecular complexity index is 953. The molecule has 3 aromatic heterocycles. The number of rotatable bonds is 3. The van der Waals surface area contributed by atoms with Crippen LogP contribution < -0.4 is 4.90 Å². The van der Waals surface area contributed by atoms with E-state index in [1.165, 1.54) is 17.3 Å². The Hall–Kier alpha value is -2.66. The molecule has 1 fully saturated rings. The van der Waals surface area contributed by atoms with E-state index in [0.717, 1.165) is 24.6 Å². The van der Waals surface area contributed by atoms with Gasteiger partial charge < -0.3 is 4.90 Å². The number of hydrogen-bond donors (Lipinski definition) is 0.